The number of benzene rings is 1. The Hall–Kier alpha value is -1.82. The smallest absolute Gasteiger partial charge is 0.209 e. The van der Waals surface area contributed by atoms with Gasteiger partial charge in [0.15, 0.2) is 5.82 Å². The van der Waals surface area contributed by atoms with Crippen LogP contribution in [-0.2, 0) is 0 Å². The number of piperidine rings is 1. The highest BCUT2D eigenvalue weighted by Crippen LogP contribution is 2.36. The molecule has 1 aliphatic heterocycles. The number of hydrogen-bond donors (Lipinski definition) is 1. The fourth-order valence-electron chi connectivity index (χ4n) is 3.29. The molecule has 0 aliphatic carbocycles. The lowest BCUT2D eigenvalue weighted by molar-refractivity contribution is 0.223. The summed E-state index contributed by atoms with van der Waals surface area (Å²) in [4.78, 5) is 11.9. The molecule has 0 spiro atoms. The van der Waals surface area contributed by atoms with Crippen LogP contribution >= 0.6 is 23.2 Å². The summed E-state index contributed by atoms with van der Waals surface area (Å²) in [5, 5.41) is 4.43. The second-order valence-electron chi connectivity index (χ2n) is 7.07. The van der Waals surface area contributed by atoms with Crippen LogP contribution in [0.15, 0.2) is 29.8 Å². The Kier molecular flexibility index (Phi) is 8.75. The lowest BCUT2D eigenvalue weighted by Gasteiger charge is -2.31. The van der Waals surface area contributed by atoms with Crippen LogP contribution in [0.5, 0.6) is 0 Å². The molecular weight excluding hydrogens is 405 g/mol. The van der Waals surface area contributed by atoms with E-state index in [9.17, 15) is 0 Å². The van der Waals surface area contributed by atoms with Gasteiger partial charge in [0, 0.05) is 17.4 Å². The van der Waals surface area contributed by atoms with Gasteiger partial charge in [0.2, 0.25) is 5.95 Å². The largest absolute Gasteiger partial charge is 0.325 e. The van der Waals surface area contributed by atoms with E-state index in [0.717, 1.165) is 54.8 Å². The topological polar surface area (TPSA) is 45.5 Å². The first-order chi connectivity index (χ1) is 13.9. The average Bonchev–Trinajstić information content (AvgIpc) is 3.03. The zero-order valence-corrected chi connectivity index (χ0v) is 19.5. The van der Waals surface area contributed by atoms with Gasteiger partial charge in [-0.2, -0.15) is 0 Å². The van der Waals surface area contributed by atoms with Crippen molar-refractivity contribution in [3.8, 4) is 0 Å². The van der Waals surface area contributed by atoms with E-state index < -0.39 is 0 Å². The zero-order chi connectivity index (χ0) is 21.6. The zero-order valence-electron chi connectivity index (χ0n) is 18.0. The quantitative estimate of drug-likeness (QED) is 0.514. The summed E-state index contributed by atoms with van der Waals surface area (Å²) >= 11 is 12.2. The molecule has 0 amide bonds. The molecule has 29 heavy (non-hydrogen) atoms. The lowest BCUT2D eigenvalue weighted by Crippen LogP contribution is -2.31. The Morgan fingerprint density at radius 1 is 1.21 bits per heavy atom. The molecule has 1 aromatic carbocycles. The number of anilines is 2. The molecule has 7 heteroatoms. The van der Waals surface area contributed by atoms with Gasteiger partial charge in [-0.1, -0.05) is 43.6 Å². The minimum absolute atomic E-state index is 0.325. The maximum Gasteiger partial charge on any atom is 0.209 e. The van der Waals surface area contributed by atoms with Gasteiger partial charge in [-0.3, -0.25) is 4.57 Å². The maximum absolute atomic E-state index is 6.17. The minimum Gasteiger partial charge on any atom is -0.325 e. The van der Waals surface area contributed by atoms with Gasteiger partial charge >= 0.3 is 0 Å². The van der Waals surface area contributed by atoms with E-state index in [2.05, 4.69) is 28.4 Å². The number of nitrogens with zero attached hydrogens (tertiary/aromatic N) is 4. The number of halogens is 2. The molecule has 158 valence electrons. The third-order valence-electron chi connectivity index (χ3n) is 4.66. The van der Waals surface area contributed by atoms with E-state index >= 15 is 0 Å². The fraction of sp³-hybridized carbons (Fsp3) is 0.455. The normalized spacial score (nSPS) is 14.7. The highest BCUT2D eigenvalue weighted by Gasteiger charge is 2.25. The highest BCUT2D eigenvalue weighted by molar-refractivity contribution is 6.42. The third kappa shape index (κ3) is 5.84. The minimum atomic E-state index is 0.325. The van der Waals surface area contributed by atoms with Gasteiger partial charge in [-0.15, -0.1) is 0 Å². The van der Waals surface area contributed by atoms with Crippen molar-refractivity contribution in [2.75, 3.05) is 25.5 Å². The van der Waals surface area contributed by atoms with Crippen LogP contribution in [0.1, 0.15) is 52.3 Å². The van der Waals surface area contributed by atoms with Crippen LogP contribution in [0, 0.1) is 0 Å². The highest BCUT2D eigenvalue weighted by atomic mass is 35.5. The number of aromatic nitrogens is 2. The van der Waals surface area contributed by atoms with Crippen LogP contribution in [0.4, 0.5) is 17.5 Å². The first-order valence-corrected chi connectivity index (χ1v) is 10.8. The van der Waals surface area contributed by atoms with Gasteiger partial charge in [0.05, 0.1) is 10.0 Å². The predicted molar refractivity (Wildman–Crippen MR) is 128 cm³/mol. The van der Waals surface area contributed by atoms with E-state index in [-0.39, 0.29) is 0 Å². The monoisotopic (exact) mass is 435 g/mol. The molecule has 2 heterocycles. The molecule has 1 saturated heterocycles. The molecule has 1 fully saturated rings. The van der Waals surface area contributed by atoms with Crippen LogP contribution in [0.2, 0.25) is 10.0 Å². The third-order valence-corrected chi connectivity index (χ3v) is 5.40. The molecule has 0 radical (unpaired) electrons. The summed E-state index contributed by atoms with van der Waals surface area (Å²) < 4.78 is 2.21. The summed E-state index contributed by atoms with van der Waals surface area (Å²) in [5.74, 6) is 1.60. The summed E-state index contributed by atoms with van der Waals surface area (Å²) in [6, 6.07) is 5.80. The molecule has 5 nitrogen and oxygen atoms in total. The Morgan fingerprint density at radius 3 is 2.41 bits per heavy atom. The Morgan fingerprint density at radius 2 is 1.86 bits per heavy atom. The molecule has 3 rings (SSSR count). The first-order valence-electron chi connectivity index (χ1n) is 10.1. The molecule has 0 atom stereocenters. The van der Waals surface area contributed by atoms with Gasteiger partial charge in [-0.05, 0) is 71.1 Å². The van der Waals surface area contributed by atoms with Crippen LogP contribution < -0.4 is 5.32 Å². The summed E-state index contributed by atoms with van der Waals surface area (Å²) in [6.07, 6.45) is 3.85. The number of rotatable bonds is 5. The van der Waals surface area contributed by atoms with E-state index in [4.69, 9.17) is 33.2 Å². The average molecular weight is 436 g/mol. The summed E-state index contributed by atoms with van der Waals surface area (Å²) in [6.45, 7) is 14.0. The van der Waals surface area contributed by atoms with Gasteiger partial charge in [-0.25, -0.2) is 9.98 Å². The van der Waals surface area contributed by atoms with Crippen molar-refractivity contribution >= 4 is 52.4 Å². The van der Waals surface area contributed by atoms with Crippen molar-refractivity contribution in [3.63, 3.8) is 0 Å². The van der Waals surface area contributed by atoms with Gasteiger partial charge in [0.1, 0.15) is 5.69 Å². The predicted octanol–water partition coefficient (Wildman–Crippen LogP) is 6.98. The number of imidazole rings is 1. The SMILES string of the molecule is C=Cc1nc(Nc2ccc(Cl)c(Cl)c2)n(C2CCN(C)CC2)c1N=C(C)C.CC. The van der Waals surface area contributed by atoms with Crippen LogP contribution in [0.25, 0.3) is 6.08 Å². The van der Waals surface area contributed by atoms with Crippen molar-refractivity contribution in [1.82, 2.24) is 14.5 Å². The van der Waals surface area contributed by atoms with E-state index in [1.165, 1.54) is 0 Å². The number of aliphatic imine (C=N–C) groups is 1. The van der Waals surface area contributed by atoms with Crippen molar-refractivity contribution < 1.29 is 0 Å². The number of hydrogen-bond acceptors (Lipinski definition) is 4. The van der Waals surface area contributed by atoms with Crippen molar-refractivity contribution in [1.29, 1.82) is 0 Å². The molecule has 0 unspecified atom stereocenters. The molecule has 2 aromatic rings. The summed E-state index contributed by atoms with van der Waals surface area (Å²) in [5.41, 5.74) is 2.59. The van der Waals surface area contributed by atoms with Crippen LogP contribution in [0.3, 0.4) is 0 Å². The van der Waals surface area contributed by atoms with Crippen LogP contribution in [-0.4, -0.2) is 40.3 Å². The standard InChI is InChI=1S/C20H25Cl2N5.C2H6/c1-5-18-19(23-13(2)3)27(15-8-10-26(4)11-9-15)20(25-18)24-14-6-7-16(21)17(22)12-14;1-2/h5-7,12,15H,1,8-11H2,2-4H3,(H,24,25);1-2H3. The van der Waals surface area contributed by atoms with E-state index in [1.54, 1.807) is 18.2 Å². The molecular formula is C22H31Cl2N5. The van der Waals surface area contributed by atoms with E-state index in [0.29, 0.717) is 16.1 Å². The van der Waals surface area contributed by atoms with Crippen molar-refractivity contribution in [2.45, 2.75) is 46.6 Å². The first kappa shape index (κ1) is 23.5. The molecule has 1 N–H and O–H groups in total. The Balaban J connectivity index is 0.00000145. The number of nitrogens with one attached hydrogen (secondary N) is 1. The van der Waals surface area contributed by atoms with Crippen molar-refractivity contribution in [2.24, 2.45) is 4.99 Å². The molecule has 0 saturated carbocycles. The maximum atomic E-state index is 6.17. The molecule has 1 aromatic heterocycles. The number of likely N-dealkylation sites (tertiary alicyclic amines) is 1. The molecule has 0 bridgehead atoms. The summed E-state index contributed by atoms with van der Waals surface area (Å²) in [7, 11) is 2.16. The second kappa shape index (κ2) is 10.8. The Bertz CT molecular complexity index is 860. The van der Waals surface area contributed by atoms with Gasteiger partial charge < -0.3 is 10.2 Å². The fourth-order valence-corrected chi connectivity index (χ4v) is 3.59. The molecule has 1 aliphatic rings. The Labute approximate surface area is 184 Å². The van der Waals surface area contributed by atoms with E-state index in [1.807, 2.05) is 33.8 Å². The van der Waals surface area contributed by atoms with Crippen molar-refractivity contribution in [3.05, 3.63) is 40.5 Å². The second-order valence-corrected chi connectivity index (χ2v) is 7.88. The lowest BCUT2D eigenvalue weighted by atomic mass is 10.1. The van der Waals surface area contributed by atoms with Gasteiger partial charge in [0.25, 0.3) is 0 Å².